The topological polar surface area (TPSA) is 137 Å². The van der Waals surface area contributed by atoms with Crippen LogP contribution >= 0.6 is 11.8 Å². The number of thioether (sulfide) groups is 1. The molecule has 1 atom stereocenters. The first-order valence-electron chi connectivity index (χ1n) is 11.7. The number of hydrogen-bond donors (Lipinski definition) is 4. The fourth-order valence-corrected chi connectivity index (χ4v) is 5.24. The number of aliphatic hydroxyl groups is 2. The SMILES string of the molecule is COc1ccc2nccc(NC(=O)C3(O)CCN(C[C@@H](O)c4ccc5c(c4)NC(=O)CS5)CC3)c2n1. The van der Waals surface area contributed by atoms with Crippen LogP contribution in [0.15, 0.2) is 47.5 Å². The van der Waals surface area contributed by atoms with Crippen LogP contribution in [0.2, 0.25) is 0 Å². The zero-order chi connectivity index (χ0) is 25.3. The number of fused-ring (bicyclic) bond motifs is 2. The third-order valence-electron chi connectivity index (χ3n) is 6.57. The van der Waals surface area contributed by atoms with Gasteiger partial charge in [0.2, 0.25) is 11.8 Å². The molecular formula is C25H27N5O5S. The molecule has 1 saturated heterocycles. The first-order valence-corrected chi connectivity index (χ1v) is 12.6. The summed E-state index contributed by atoms with van der Waals surface area (Å²) in [7, 11) is 1.51. The maximum Gasteiger partial charge on any atom is 0.256 e. The zero-order valence-corrected chi connectivity index (χ0v) is 20.5. The van der Waals surface area contributed by atoms with Gasteiger partial charge in [0.25, 0.3) is 5.91 Å². The number of anilines is 2. The van der Waals surface area contributed by atoms with E-state index in [1.165, 1.54) is 18.9 Å². The third-order valence-corrected chi connectivity index (χ3v) is 7.65. The molecule has 10 nitrogen and oxygen atoms in total. The lowest BCUT2D eigenvalue weighted by Crippen LogP contribution is -2.52. The summed E-state index contributed by atoms with van der Waals surface area (Å²) in [5, 5.41) is 27.5. The van der Waals surface area contributed by atoms with Crippen molar-refractivity contribution in [2.75, 3.05) is 43.1 Å². The number of ether oxygens (including phenoxy) is 1. The highest BCUT2D eigenvalue weighted by Gasteiger charge is 2.40. The minimum absolute atomic E-state index is 0.0533. The Labute approximate surface area is 212 Å². The van der Waals surface area contributed by atoms with Gasteiger partial charge >= 0.3 is 0 Å². The van der Waals surface area contributed by atoms with E-state index in [-0.39, 0.29) is 18.7 Å². The summed E-state index contributed by atoms with van der Waals surface area (Å²) >= 11 is 1.47. The van der Waals surface area contributed by atoms with Crippen molar-refractivity contribution in [2.45, 2.75) is 29.4 Å². The summed E-state index contributed by atoms with van der Waals surface area (Å²) in [5.41, 5.74) is 1.42. The number of likely N-dealkylation sites (tertiary alicyclic amines) is 1. The Morgan fingerprint density at radius 1 is 1.28 bits per heavy atom. The molecule has 2 aliphatic heterocycles. The molecule has 5 rings (SSSR count). The molecule has 2 aliphatic rings. The van der Waals surface area contributed by atoms with Crippen molar-refractivity contribution in [2.24, 2.45) is 0 Å². The van der Waals surface area contributed by atoms with Crippen molar-refractivity contribution in [1.29, 1.82) is 0 Å². The number of hydrogen-bond acceptors (Lipinski definition) is 9. The van der Waals surface area contributed by atoms with Gasteiger partial charge < -0.3 is 30.5 Å². The molecule has 0 bridgehead atoms. The molecule has 4 heterocycles. The van der Waals surface area contributed by atoms with Gasteiger partial charge in [-0.15, -0.1) is 11.8 Å². The average Bonchev–Trinajstić information content (AvgIpc) is 2.89. The van der Waals surface area contributed by atoms with Crippen LogP contribution in [-0.4, -0.2) is 75.0 Å². The van der Waals surface area contributed by atoms with E-state index in [0.29, 0.717) is 59.2 Å². The van der Waals surface area contributed by atoms with Gasteiger partial charge in [-0.1, -0.05) is 6.07 Å². The highest BCUT2D eigenvalue weighted by Crippen LogP contribution is 2.34. The highest BCUT2D eigenvalue weighted by molar-refractivity contribution is 8.00. The van der Waals surface area contributed by atoms with Crippen molar-refractivity contribution in [3.8, 4) is 5.88 Å². The van der Waals surface area contributed by atoms with Gasteiger partial charge in [-0.2, -0.15) is 0 Å². The number of aliphatic hydroxyl groups excluding tert-OH is 1. The molecular weight excluding hydrogens is 482 g/mol. The van der Waals surface area contributed by atoms with Crippen LogP contribution in [0, 0.1) is 0 Å². The second-order valence-electron chi connectivity index (χ2n) is 8.97. The fraction of sp³-hybridized carbons (Fsp3) is 0.360. The van der Waals surface area contributed by atoms with E-state index < -0.39 is 17.6 Å². The molecule has 0 aliphatic carbocycles. The Hall–Kier alpha value is -3.25. The number of amides is 2. The quantitative estimate of drug-likeness (QED) is 0.394. The van der Waals surface area contributed by atoms with Crippen LogP contribution in [-0.2, 0) is 9.59 Å². The van der Waals surface area contributed by atoms with Crippen molar-refractivity contribution < 1.29 is 24.5 Å². The van der Waals surface area contributed by atoms with Gasteiger partial charge in [-0.3, -0.25) is 14.6 Å². The molecule has 1 fully saturated rings. The maximum atomic E-state index is 13.1. The molecule has 0 unspecified atom stereocenters. The van der Waals surface area contributed by atoms with Gasteiger partial charge in [0.1, 0.15) is 11.1 Å². The Morgan fingerprint density at radius 3 is 2.86 bits per heavy atom. The Morgan fingerprint density at radius 2 is 2.08 bits per heavy atom. The average molecular weight is 510 g/mol. The normalized spacial score (nSPS) is 18.2. The Bertz CT molecular complexity index is 1310. The van der Waals surface area contributed by atoms with Crippen LogP contribution in [0.1, 0.15) is 24.5 Å². The Kier molecular flexibility index (Phi) is 6.80. The number of rotatable bonds is 6. The van der Waals surface area contributed by atoms with Crippen LogP contribution in [0.5, 0.6) is 5.88 Å². The van der Waals surface area contributed by atoms with Crippen LogP contribution in [0.4, 0.5) is 11.4 Å². The number of aromatic nitrogens is 2. The number of piperidine rings is 1. The van der Waals surface area contributed by atoms with E-state index in [1.807, 2.05) is 17.0 Å². The number of nitrogens with zero attached hydrogens (tertiary/aromatic N) is 3. The molecule has 36 heavy (non-hydrogen) atoms. The van der Waals surface area contributed by atoms with Crippen molar-refractivity contribution >= 4 is 46.0 Å². The lowest BCUT2D eigenvalue weighted by molar-refractivity contribution is -0.139. The molecule has 2 aromatic heterocycles. The van der Waals surface area contributed by atoms with Crippen molar-refractivity contribution in [1.82, 2.24) is 14.9 Å². The number of carbonyl (C=O) groups is 2. The molecule has 2 amide bonds. The molecule has 4 N–H and O–H groups in total. The summed E-state index contributed by atoms with van der Waals surface area (Å²) in [6.07, 6.45) is 1.26. The first-order chi connectivity index (χ1) is 17.3. The third kappa shape index (κ3) is 5.00. The molecule has 11 heteroatoms. The van der Waals surface area contributed by atoms with Crippen molar-refractivity contribution in [3.63, 3.8) is 0 Å². The molecule has 0 radical (unpaired) electrons. The fourth-order valence-electron chi connectivity index (χ4n) is 4.45. The molecule has 0 saturated carbocycles. The zero-order valence-electron chi connectivity index (χ0n) is 19.7. The minimum Gasteiger partial charge on any atom is -0.481 e. The summed E-state index contributed by atoms with van der Waals surface area (Å²) in [5.74, 6) is 0.239. The predicted octanol–water partition coefficient (Wildman–Crippen LogP) is 2.18. The van der Waals surface area contributed by atoms with E-state index in [0.717, 1.165) is 4.90 Å². The van der Waals surface area contributed by atoms with E-state index >= 15 is 0 Å². The Balaban J connectivity index is 1.21. The number of β-amino-alcohol motifs (C(OH)–C–C–N with tert-alkyl or cyclic N) is 1. The molecule has 1 aromatic carbocycles. The van der Waals surface area contributed by atoms with E-state index in [9.17, 15) is 19.8 Å². The number of methoxy groups -OCH3 is 1. The first kappa shape index (κ1) is 24.4. The van der Waals surface area contributed by atoms with Crippen LogP contribution in [0.3, 0.4) is 0 Å². The second-order valence-corrected chi connectivity index (χ2v) is 9.99. The second kappa shape index (κ2) is 10.0. The van der Waals surface area contributed by atoms with E-state index in [4.69, 9.17) is 4.74 Å². The maximum absolute atomic E-state index is 13.1. The van der Waals surface area contributed by atoms with Crippen molar-refractivity contribution in [3.05, 3.63) is 48.2 Å². The predicted molar refractivity (Wildman–Crippen MR) is 136 cm³/mol. The lowest BCUT2D eigenvalue weighted by Gasteiger charge is -2.37. The number of nitrogens with one attached hydrogen (secondary N) is 2. The van der Waals surface area contributed by atoms with Gasteiger partial charge in [-0.05, 0) is 42.7 Å². The van der Waals surface area contributed by atoms with Gasteiger partial charge in [0.15, 0.2) is 0 Å². The monoisotopic (exact) mass is 509 g/mol. The largest absolute Gasteiger partial charge is 0.481 e. The highest BCUT2D eigenvalue weighted by atomic mass is 32.2. The summed E-state index contributed by atoms with van der Waals surface area (Å²) < 4.78 is 5.18. The summed E-state index contributed by atoms with van der Waals surface area (Å²) in [4.78, 5) is 36.4. The smallest absolute Gasteiger partial charge is 0.256 e. The standard InChI is InChI=1S/C25H27N5O5S/c1-35-22-5-3-16-23(29-22)17(6-9-26-16)28-24(33)25(34)7-10-30(11-8-25)13-19(31)15-2-4-20-18(12-15)27-21(32)14-36-20/h2-6,9,12,19,31,34H,7-8,10-11,13-14H2,1H3,(H,27,32)(H,26,28,33)/t19-/m1/s1. The van der Waals surface area contributed by atoms with Gasteiger partial charge in [-0.25, -0.2) is 4.98 Å². The number of pyridine rings is 2. The number of benzene rings is 1. The lowest BCUT2D eigenvalue weighted by atomic mass is 9.90. The molecule has 3 aromatic rings. The van der Waals surface area contributed by atoms with Crippen LogP contribution < -0.4 is 15.4 Å². The van der Waals surface area contributed by atoms with E-state index in [2.05, 4.69) is 20.6 Å². The minimum atomic E-state index is -1.54. The summed E-state index contributed by atoms with van der Waals surface area (Å²) in [6.45, 7) is 1.25. The van der Waals surface area contributed by atoms with Crippen LogP contribution in [0.25, 0.3) is 11.0 Å². The molecule has 188 valence electrons. The van der Waals surface area contributed by atoms with E-state index in [1.54, 1.807) is 30.5 Å². The number of carbonyl (C=O) groups excluding carboxylic acids is 2. The van der Waals surface area contributed by atoms with Gasteiger partial charge in [0, 0.05) is 36.8 Å². The summed E-state index contributed by atoms with van der Waals surface area (Å²) in [6, 6.07) is 10.7. The van der Waals surface area contributed by atoms with Gasteiger partial charge in [0.05, 0.1) is 35.9 Å². The molecule has 0 spiro atoms.